The third kappa shape index (κ3) is 4.26. The quantitative estimate of drug-likeness (QED) is 0.220. The van der Waals surface area contributed by atoms with Crippen LogP contribution in [-0.4, -0.2) is 59.5 Å². The molecule has 1 aromatic rings. The van der Waals surface area contributed by atoms with E-state index in [1.165, 1.54) is 13.0 Å². The molecule has 0 bridgehead atoms. The molecule has 0 unspecified atom stereocenters. The van der Waals surface area contributed by atoms with Crippen LogP contribution in [0.4, 0.5) is 0 Å². The lowest BCUT2D eigenvalue weighted by atomic mass is 9.42. The minimum Gasteiger partial charge on any atom is -0.507 e. The molecule has 0 radical (unpaired) electrons. The summed E-state index contributed by atoms with van der Waals surface area (Å²) in [7, 11) is -3.35. The number of carbonyl (C=O) groups excluding carboxylic acids is 3. The molecular formula is C30H39NO8S. The van der Waals surface area contributed by atoms with Crippen LogP contribution in [0.25, 0.3) is 5.76 Å². The van der Waals surface area contributed by atoms with Gasteiger partial charge in [0.1, 0.15) is 11.5 Å². The van der Waals surface area contributed by atoms with E-state index in [1.54, 1.807) is 19.9 Å². The molecule has 0 amide bonds. The van der Waals surface area contributed by atoms with Crippen LogP contribution in [0.3, 0.4) is 0 Å². The van der Waals surface area contributed by atoms with Crippen LogP contribution >= 0.6 is 0 Å². The largest absolute Gasteiger partial charge is 0.507 e. The lowest BCUT2D eigenvalue weighted by molar-refractivity contribution is -0.180. The number of aliphatic hydroxyl groups excluding tert-OH is 1. The van der Waals surface area contributed by atoms with E-state index in [0.29, 0.717) is 24.0 Å². The van der Waals surface area contributed by atoms with Crippen molar-refractivity contribution < 1.29 is 38.1 Å². The summed E-state index contributed by atoms with van der Waals surface area (Å²) in [6, 6.07) is 3.14. The van der Waals surface area contributed by atoms with Crippen molar-refractivity contribution in [3.63, 3.8) is 0 Å². The maximum Gasteiger partial charge on any atom is 0.208 e. The zero-order valence-electron chi connectivity index (χ0n) is 24.1. The van der Waals surface area contributed by atoms with Crippen molar-refractivity contribution >= 4 is 33.1 Å². The number of benzene rings is 1. The fraction of sp³-hybridized carbons (Fsp3) is 0.567. The van der Waals surface area contributed by atoms with E-state index < -0.39 is 55.5 Å². The van der Waals surface area contributed by atoms with Gasteiger partial charge in [-0.2, -0.15) is 0 Å². The number of ketones is 3. The van der Waals surface area contributed by atoms with Crippen LogP contribution in [0.15, 0.2) is 28.9 Å². The minimum atomic E-state index is -3.35. The van der Waals surface area contributed by atoms with Gasteiger partial charge in [0.05, 0.1) is 17.4 Å². The number of nitrogens with one attached hydrogen (secondary N) is 1. The van der Waals surface area contributed by atoms with Crippen LogP contribution < -0.4 is 4.72 Å². The van der Waals surface area contributed by atoms with Crippen LogP contribution in [0.1, 0.15) is 71.1 Å². The Morgan fingerprint density at radius 1 is 1.15 bits per heavy atom. The van der Waals surface area contributed by atoms with E-state index in [0.717, 1.165) is 11.8 Å². The number of sulfonamides is 1. The van der Waals surface area contributed by atoms with Crippen molar-refractivity contribution in [3.8, 4) is 5.75 Å². The Morgan fingerprint density at radius 2 is 1.77 bits per heavy atom. The number of hydrogen-bond acceptors (Lipinski definition) is 8. The van der Waals surface area contributed by atoms with E-state index >= 15 is 0 Å². The zero-order valence-corrected chi connectivity index (χ0v) is 25.0. The molecule has 0 aromatic heterocycles. The smallest absolute Gasteiger partial charge is 0.208 e. The predicted molar refractivity (Wildman–Crippen MR) is 150 cm³/mol. The molecule has 1 aromatic carbocycles. The van der Waals surface area contributed by atoms with Gasteiger partial charge in [-0.3, -0.25) is 14.4 Å². The molecule has 218 valence electrons. The van der Waals surface area contributed by atoms with Gasteiger partial charge in [-0.25, -0.2) is 13.1 Å². The van der Waals surface area contributed by atoms with Crippen molar-refractivity contribution in [1.29, 1.82) is 0 Å². The van der Waals surface area contributed by atoms with Gasteiger partial charge in [-0.05, 0) is 68.6 Å². The first-order valence-corrected chi connectivity index (χ1v) is 15.5. The number of aromatic hydroxyl groups is 1. The molecule has 4 N–H and O–H groups in total. The fourth-order valence-electron chi connectivity index (χ4n) is 8.08. The molecule has 4 rings (SSSR count). The normalized spacial score (nSPS) is 30.4. The van der Waals surface area contributed by atoms with Crippen molar-refractivity contribution in [3.05, 3.63) is 45.5 Å². The fourth-order valence-corrected chi connectivity index (χ4v) is 8.60. The molecule has 40 heavy (non-hydrogen) atoms. The molecule has 9 nitrogen and oxygen atoms in total. The first-order chi connectivity index (χ1) is 18.3. The summed E-state index contributed by atoms with van der Waals surface area (Å²) in [6.07, 6.45) is 2.43. The SMILES string of the molecule is CC(=O)C1=C(C)[C@@H](C(C)C)[C@]2(C)C[C@]3(C)Cc4c(CCCNS(C)(=O)=O)ccc(O)c4C(O)=C3C(=O)[C@]2(O)C1=O. The van der Waals surface area contributed by atoms with E-state index in [-0.39, 0.29) is 47.8 Å². The highest BCUT2D eigenvalue weighted by Gasteiger charge is 2.71. The van der Waals surface area contributed by atoms with Gasteiger partial charge in [0.25, 0.3) is 0 Å². The summed E-state index contributed by atoms with van der Waals surface area (Å²) in [4.78, 5) is 40.8. The molecule has 3 aliphatic rings. The molecule has 1 fully saturated rings. The zero-order chi connectivity index (χ0) is 30.2. The Morgan fingerprint density at radius 3 is 2.33 bits per heavy atom. The lowest BCUT2D eigenvalue weighted by Gasteiger charge is -2.60. The highest BCUT2D eigenvalue weighted by atomic mass is 32.2. The number of phenols is 1. The Balaban J connectivity index is 1.90. The van der Waals surface area contributed by atoms with Crippen LogP contribution in [0, 0.1) is 22.7 Å². The van der Waals surface area contributed by atoms with Gasteiger partial charge in [-0.1, -0.05) is 39.3 Å². The van der Waals surface area contributed by atoms with E-state index in [1.807, 2.05) is 20.8 Å². The van der Waals surface area contributed by atoms with Crippen molar-refractivity contribution in [1.82, 2.24) is 4.72 Å². The summed E-state index contributed by atoms with van der Waals surface area (Å²) in [6.45, 7) is 10.6. The second-order valence-electron chi connectivity index (χ2n) is 12.6. The van der Waals surface area contributed by atoms with Crippen LogP contribution in [0.2, 0.25) is 0 Å². The number of Topliss-reactive ketones (excluding diaryl/α,β-unsaturated/α-hetero) is 3. The molecule has 4 atom stereocenters. The number of hydrogen-bond donors (Lipinski definition) is 4. The third-order valence-corrected chi connectivity index (χ3v) is 10.0. The van der Waals surface area contributed by atoms with E-state index in [4.69, 9.17) is 0 Å². The van der Waals surface area contributed by atoms with Gasteiger partial charge in [0, 0.05) is 22.9 Å². The second-order valence-corrected chi connectivity index (χ2v) is 14.5. The summed E-state index contributed by atoms with van der Waals surface area (Å²) < 4.78 is 25.4. The molecule has 0 aliphatic heterocycles. The highest BCUT2D eigenvalue weighted by Crippen LogP contribution is 2.65. The number of fused-ring (bicyclic) bond motifs is 3. The molecule has 3 aliphatic carbocycles. The predicted octanol–water partition coefficient (Wildman–Crippen LogP) is 3.18. The molecular weight excluding hydrogens is 534 g/mol. The van der Waals surface area contributed by atoms with Gasteiger partial charge in [-0.15, -0.1) is 0 Å². The summed E-state index contributed by atoms with van der Waals surface area (Å²) in [5.41, 5.74) is -3.05. The lowest BCUT2D eigenvalue weighted by Crippen LogP contribution is -2.70. The van der Waals surface area contributed by atoms with Crippen LogP contribution in [0.5, 0.6) is 5.75 Å². The molecule has 0 spiro atoms. The standard InChI is InChI=1S/C30H39NO8S/c1-15(2)23-16(3)21(17(4)32)26(35)30(37)27(36)24-25(34)22-19(13-28(24,5)14-29(23,30)6)18(10-11-20(22)33)9-8-12-31-40(7,38)39/h10-11,15,23,31,33-34,37H,8-9,12-14H2,1-7H3/t23-,28+,29+,30-/m1/s1. The Bertz CT molecular complexity index is 1500. The minimum absolute atomic E-state index is 0.0729. The van der Waals surface area contributed by atoms with Crippen LogP contribution in [-0.2, 0) is 37.2 Å². The topological polar surface area (TPSA) is 158 Å². The molecule has 0 heterocycles. The van der Waals surface area contributed by atoms with Crippen molar-refractivity contribution in [2.45, 2.75) is 72.8 Å². The first-order valence-electron chi connectivity index (χ1n) is 13.6. The Hall–Kier alpha value is -2.82. The second kappa shape index (κ2) is 9.63. The summed E-state index contributed by atoms with van der Waals surface area (Å²) in [5, 5.41) is 34.5. The van der Waals surface area contributed by atoms with E-state index in [2.05, 4.69) is 4.72 Å². The number of aliphatic hydroxyl groups is 2. The monoisotopic (exact) mass is 573 g/mol. The average molecular weight is 574 g/mol. The van der Waals surface area contributed by atoms with Gasteiger partial charge < -0.3 is 15.3 Å². The number of carbonyl (C=O) groups is 3. The summed E-state index contributed by atoms with van der Waals surface area (Å²) >= 11 is 0. The highest BCUT2D eigenvalue weighted by molar-refractivity contribution is 7.88. The Labute approximate surface area is 235 Å². The van der Waals surface area contributed by atoms with Gasteiger partial charge >= 0.3 is 0 Å². The third-order valence-electron chi connectivity index (χ3n) is 9.28. The number of rotatable bonds is 7. The van der Waals surface area contributed by atoms with Gasteiger partial charge in [0.15, 0.2) is 11.4 Å². The maximum absolute atomic E-state index is 14.3. The number of phenolic OH excluding ortho intramolecular Hbond substituents is 1. The average Bonchev–Trinajstić information content (AvgIpc) is 2.79. The maximum atomic E-state index is 14.3. The molecule has 10 heteroatoms. The van der Waals surface area contributed by atoms with Crippen molar-refractivity contribution in [2.75, 3.05) is 12.8 Å². The van der Waals surface area contributed by atoms with Gasteiger partial charge in [0.2, 0.25) is 21.6 Å². The Kier molecular flexibility index (Phi) is 7.26. The summed E-state index contributed by atoms with van der Waals surface area (Å²) in [5.74, 6) is -3.71. The number of allylic oxidation sites excluding steroid dienone is 1. The molecule has 0 saturated heterocycles. The van der Waals surface area contributed by atoms with E-state index in [9.17, 15) is 38.1 Å². The molecule has 1 saturated carbocycles. The number of aryl methyl sites for hydroxylation is 1. The first kappa shape index (κ1) is 30.1. The van der Waals surface area contributed by atoms with Crippen molar-refractivity contribution in [2.24, 2.45) is 22.7 Å².